The number of piperazine rings is 1. The lowest BCUT2D eigenvalue weighted by Gasteiger charge is -2.36. The Kier molecular flexibility index (Phi) is 5.16. The van der Waals surface area contributed by atoms with Crippen LogP contribution < -0.4 is 9.64 Å². The summed E-state index contributed by atoms with van der Waals surface area (Å²) in [5.74, 6) is 0.346. The van der Waals surface area contributed by atoms with Crippen LogP contribution in [0.4, 0.5) is 23.2 Å². The van der Waals surface area contributed by atoms with Crippen LogP contribution in [0.1, 0.15) is 16.7 Å². The highest BCUT2D eigenvalue weighted by molar-refractivity contribution is 5.50. The summed E-state index contributed by atoms with van der Waals surface area (Å²) < 4.78 is 63.5. The van der Waals surface area contributed by atoms with Crippen LogP contribution in [-0.2, 0) is 24.1 Å². The van der Waals surface area contributed by atoms with Crippen molar-refractivity contribution in [2.24, 2.45) is 0 Å². The number of fused-ring (bicyclic) bond motifs is 1. The summed E-state index contributed by atoms with van der Waals surface area (Å²) in [6.07, 6.45) is -4.35. The predicted molar refractivity (Wildman–Crippen MR) is 95.6 cm³/mol. The van der Waals surface area contributed by atoms with Crippen LogP contribution in [0.5, 0.6) is 5.75 Å². The third kappa shape index (κ3) is 4.07. The lowest BCUT2D eigenvalue weighted by molar-refractivity contribution is -0.137. The first kappa shape index (κ1) is 19.0. The van der Waals surface area contributed by atoms with Gasteiger partial charge in [-0.05, 0) is 30.3 Å². The fourth-order valence-electron chi connectivity index (χ4n) is 3.66. The van der Waals surface area contributed by atoms with Crippen molar-refractivity contribution in [3.63, 3.8) is 0 Å². The van der Waals surface area contributed by atoms with Crippen LogP contribution in [0.25, 0.3) is 0 Å². The molecule has 8 heteroatoms. The minimum absolute atomic E-state index is 0.148. The Balaban J connectivity index is 1.42. The average molecular weight is 396 g/mol. The average Bonchev–Trinajstić information content (AvgIpc) is 2.68. The van der Waals surface area contributed by atoms with E-state index in [0.717, 1.165) is 11.6 Å². The summed E-state index contributed by atoms with van der Waals surface area (Å²) >= 11 is 0. The second-order valence-corrected chi connectivity index (χ2v) is 6.98. The highest BCUT2D eigenvalue weighted by Gasteiger charge is 2.31. The first-order valence-corrected chi connectivity index (χ1v) is 9.06. The molecule has 0 unspecified atom stereocenters. The molecule has 2 aromatic carbocycles. The maximum Gasteiger partial charge on any atom is 0.416 e. The summed E-state index contributed by atoms with van der Waals surface area (Å²) in [7, 11) is 0. The van der Waals surface area contributed by atoms with Crippen molar-refractivity contribution in [3.05, 3.63) is 58.9 Å². The van der Waals surface area contributed by atoms with E-state index in [1.54, 1.807) is 6.07 Å². The van der Waals surface area contributed by atoms with Gasteiger partial charge < -0.3 is 14.4 Å². The number of ether oxygens (including phenoxy) is 2. The molecule has 0 N–H and O–H groups in total. The Morgan fingerprint density at radius 3 is 2.54 bits per heavy atom. The van der Waals surface area contributed by atoms with Gasteiger partial charge in [0.1, 0.15) is 11.6 Å². The Bertz CT molecular complexity index is 849. The van der Waals surface area contributed by atoms with E-state index in [2.05, 4.69) is 4.90 Å². The zero-order chi connectivity index (χ0) is 19.7. The number of nitrogens with zero attached hydrogens (tertiary/aromatic N) is 2. The zero-order valence-electron chi connectivity index (χ0n) is 15.1. The molecule has 2 aliphatic heterocycles. The molecule has 0 aromatic heterocycles. The van der Waals surface area contributed by atoms with Crippen molar-refractivity contribution in [1.82, 2.24) is 4.90 Å². The molecule has 4 rings (SSSR count). The molecule has 1 saturated heterocycles. The summed E-state index contributed by atoms with van der Waals surface area (Å²) in [5.41, 5.74) is 1.39. The topological polar surface area (TPSA) is 24.9 Å². The van der Waals surface area contributed by atoms with E-state index in [1.807, 2.05) is 4.90 Å². The van der Waals surface area contributed by atoms with Crippen molar-refractivity contribution in [2.45, 2.75) is 19.3 Å². The third-order valence-corrected chi connectivity index (χ3v) is 5.06. The smallest absolute Gasteiger partial charge is 0.416 e. The van der Waals surface area contributed by atoms with Crippen LogP contribution >= 0.6 is 0 Å². The van der Waals surface area contributed by atoms with Crippen LogP contribution in [-0.4, -0.2) is 37.9 Å². The number of rotatable bonds is 3. The monoisotopic (exact) mass is 396 g/mol. The summed E-state index contributed by atoms with van der Waals surface area (Å²) in [4.78, 5) is 4.09. The number of halogens is 4. The molecule has 2 aliphatic rings. The Labute approximate surface area is 160 Å². The van der Waals surface area contributed by atoms with Crippen molar-refractivity contribution in [2.75, 3.05) is 37.9 Å². The van der Waals surface area contributed by atoms with E-state index < -0.39 is 11.7 Å². The molecule has 0 aliphatic carbocycles. The molecule has 0 radical (unpaired) electrons. The van der Waals surface area contributed by atoms with Crippen molar-refractivity contribution >= 4 is 5.69 Å². The summed E-state index contributed by atoms with van der Waals surface area (Å²) in [5, 5.41) is 0. The molecule has 0 atom stereocenters. The van der Waals surface area contributed by atoms with Crippen molar-refractivity contribution < 1.29 is 27.0 Å². The quantitative estimate of drug-likeness (QED) is 0.732. The zero-order valence-corrected chi connectivity index (χ0v) is 15.1. The second kappa shape index (κ2) is 7.60. The fraction of sp³-hybridized carbons (Fsp3) is 0.400. The van der Waals surface area contributed by atoms with Gasteiger partial charge in [-0.3, -0.25) is 4.90 Å². The lowest BCUT2D eigenvalue weighted by atomic mass is 10.1. The highest BCUT2D eigenvalue weighted by Crippen LogP contribution is 2.33. The van der Waals surface area contributed by atoms with Gasteiger partial charge in [0.25, 0.3) is 0 Å². The molecule has 4 nitrogen and oxygen atoms in total. The SMILES string of the molecule is Fc1cc2c(c(CN3CCN(c4cccc(C(F)(F)F)c4)CC3)c1)OCOC2. The number of benzene rings is 2. The first-order valence-electron chi connectivity index (χ1n) is 9.06. The normalized spacial score (nSPS) is 17.9. The van der Waals surface area contributed by atoms with Gasteiger partial charge in [0.2, 0.25) is 0 Å². The maximum atomic E-state index is 13.9. The predicted octanol–water partition coefficient (Wildman–Crippen LogP) is 4.03. The third-order valence-electron chi connectivity index (χ3n) is 5.06. The Morgan fingerprint density at radius 1 is 1.00 bits per heavy atom. The van der Waals surface area contributed by atoms with Crippen LogP contribution in [0.15, 0.2) is 36.4 Å². The lowest BCUT2D eigenvalue weighted by Crippen LogP contribution is -2.46. The maximum absolute atomic E-state index is 13.9. The summed E-state index contributed by atoms with van der Waals surface area (Å²) in [6.45, 7) is 3.52. The minimum Gasteiger partial charge on any atom is -0.467 e. The number of hydrogen-bond donors (Lipinski definition) is 0. The summed E-state index contributed by atoms with van der Waals surface area (Å²) in [6, 6.07) is 8.29. The van der Waals surface area contributed by atoms with Gasteiger partial charge in [0, 0.05) is 49.5 Å². The van der Waals surface area contributed by atoms with E-state index in [0.29, 0.717) is 56.3 Å². The van der Waals surface area contributed by atoms with Gasteiger partial charge in [-0.15, -0.1) is 0 Å². The molecule has 2 aromatic rings. The number of alkyl halides is 3. The van der Waals surface area contributed by atoms with Gasteiger partial charge in [-0.2, -0.15) is 13.2 Å². The highest BCUT2D eigenvalue weighted by atomic mass is 19.4. The van der Waals surface area contributed by atoms with Crippen LogP contribution in [0.3, 0.4) is 0 Å². The van der Waals surface area contributed by atoms with E-state index in [1.165, 1.54) is 24.3 Å². The van der Waals surface area contributed by atoms with Crippen LogP contribution in [0, 0.1) is 5.82 Å². The van der Waals surface area contributed by atoms with E-state index in [9.17, 15) is 17.6 Å². The molecule has 1 fully saturated rings. The van der Waals surface area contributed by atoms with E-state index >= 15 is 0 Å². The number of hydrogen-bond acceptors (Lipinski definition) is 4. The standard InChI is InChI=1S/C20H20F4N2O2/c21-17-8-14(19-15(9-17)12-27-13-28-19)11-25-4-6-26(7-5-25)18-3-1-2-16(10-18)20(22,23)24/h1-3,8-10H,4-7,11-13H2. The van der Waals surface area contributed by atoms with E-state index in [-0.39, 0.29) is 12.6 Å². The largest absolute Gasteiger partial charge is 0.467 e. The first-order chi connectivity index (χ1) is 13.4. The van der Waals surface area contributed by atoms with E-state index in [4.69, 9.17) is 9.47 Å². The Morgan fingerprint density at radius 2 is 1.79 bits per heavy atom. The molecule has 0 bridgehead atoms. The van der Waals surface area contributed by atoms with Gasteiger partial charge in [0.15, 0.2) is 6.79 Å². The van der Waals surface area contributed by atoms with Gasteiger partial charge in [0.05, 0.1) is 12.2 Å². The van der Waals surface area contributed by atoms with Gasteiger partial charge >= 0.3 is 6.18 Å². The van der Waals surface area contributed by atoms with Crippen molar-refractivity contribution in [1.29, 1.82) is 0 Å². The molecule has 150 valence electrons. The molecular weight excluding hydrogens is 376 g/mol. The molecule has 0 spiro atoms. The van der Waals surface area contributed by atoms with Gasteiger partial charge in [-0.1, -0.05) is 6.07 Å². The Hall–Kier alpha value is -2.32. The fourth-order valence-corrected chi connectivity index (χ4v) is 3.66. The van der Waals surface area contributed by atoms with Crippen molar-refractivity contribution in [3.8, 4) is 5.75 Å². The molecule has 2 heterocycles. The number of anilines is 1. The molecule has 0 amide bonds. The van der Waals surface area contributed by atoms with Crippen LogP contribution in [0.2, 0.25) is 0 Å². The second-order valence-electron chi connectivity index (χ2n) is 6.98. The molecule has 28 heavy (non-hydrogen) atoms. The van der Waals surface area contributed by atoms with Gasteiger partial charge in [-0.25, -0.2) is 4.39 Å². The molecule has 0 saturated carbocycles. The minimum atomic E-state index is -4.35. The molecular formula is C20H20F4N2O2.